The number of carbonyl (C=O) groups is 2. The number of rotatable bonds is 6. The SMILES string of the molecule is CN1C(=O)/C(=C/c2cc(-c3ccccc3)n(-c3ccccc3)c2-c2ccccc2)SC1=Nc1ccc(C(=O)O)cc1. The van der Waals surface area contributed by atoms with Crippen molar-refractivity contribution < 1.29 is 14.7 Å². The van der Waals surface area contributed by atoms with E-state index in [1.807, 2.05) is 60.7 Å². The molecule has 2 heterocycles. The minimum absolute atomic E-state index is 0.149. The number of carboxylic acids is 1. The molecule has 6 nitrogen and oxygen atoms in total. The van der Waals surface area contributed by atoms with Crippen molar-refractivity contribution >= 4 is 40.6 Å². The van der Waals surface area contributed by atoms with Crippen molar-refractivity contribution in [2.75, 3.05) is 7.05 Å². The highest BCUT2D eigenvalue weighted by atomic mass is 32.2. The average Bonchev–Trinajstić information content (AvgIpc) is 3.52. The minimum atomic E-state index is -0.997. The second-order valence-electron chi connectivity index (χ2n) is 9.46. The summed E-state index contributed by atoms with van der Waals surface area (Å²) in [6, 6.07) is 39.0. The van der Waals surface area contributed by atoms with Crippen molar-refractivity contribution in [3.8, 4) is 28.2 Å². The van der Waals surface area contributed by atoms with Crippen LogP contribution >= 0.6 is 11.8 Å². The largest absolute Gasteiger partial charge is 0.478 e. The number of amides is 1. The Kier molecular flexibility index (Phi) is 7.10. The van der Waals surface area contributed by atoms with Gasteiger partial charge in [-0.3, -0.25) is 9.69 Å². The van der Waals surface area contributed by atoms with E-state index in [1.165, 1.54) is 28.8 Å². The predicted molar refractivity (Wildman–Crippen MR) is 165 cm³/mol. The van der Waals surface area contributed by atoms with E-state index in [0.717, 1.165) is 33.8 Å². The Morgan fingerprint density at radius 1 is 0.805 bits per heavy atom. The van der Waals surface area contributed by atoms with Gasteiger partial charge >= 0.3 is 5.97 Å². The molecule has 200 valence electrons. The molecule has 1 aliphatic rings. The topological polar surface area (TPSA) is 74.9 Å². The highest BCUT2D eigenvalue weighted by molar-refractivity contribution is 8.18. The number of carboxylic acid groups (broad SMARTS) is 1. The first kappa shape index (κ1) is 26.1. The van der Waals surface area contributed by atoms with Crippen molar-refractivity contribution in [3.63, 3.8) is 0 Å². The van der Waals surface area contributed by atoms with Crippen LogP contribution in [0.2, 0.25) is 0 Å². The van der Waals surface area contributed by atoms with Crippen LogP contribution in [0, 0.1) is 0 Å². The number of likely N-dealkylation sites (N-methyl/N-ethyl adjacent to an activating group) is 1. The summed E-state index contributed by atoms with van der Waals surface area (Å²) in [5.41, 5.74) is 6.77. The summed E-state index contributed by atoms with van der Waals surface area (Å²) < 4.78 is 2.24. The third kappa shape index (κ3) is 5.23. The van der Waals surface area contributed by atoms with Crippen LogP contribution in [0.15, 0.2) is 131 Å². The van der Waals surface area contributed by atoms with Crippen molar-refractivity contribution in [1.82, 2.24) is 9.47 Å². The third-order valence-electron chi connectivity index (χ3n) is 6.79. The molecule has 0 unspecified atom stereocenters. The first-order valence-corrected chi connectivity index (χ1v) is 13.8. The normalized spacial score (nSPS) is 15.1. The molecule has 5 aromatic rings. The Morgan fingerprint density at radius 3 is 2.00 bits per heavy atom. The van der Waals surface area contributed by atoms with E-state index in [4.69, 9.17) is 0 Å². The quantitative estimate of drug-likeness (QED) is 0.218. The maximum Gasteiger partial charge on any atom is 0.335 e. The molecule has 41 heavy (non-hydrogen) atoms. The van der Waals surface area contributed by atoms with Gasteiger partial charge in [0.1, 0.15) is 0 Å². The summed E-state index contributed by atoms with van der Waals surface area (Å²) in [4.78, 5) is 31.3. The number of aromatic nitrogens is 1. The number of aliphatic imine (C=N–C) groups is 1. The van der Waals surface area contributed by atoms with Crippen LogP contribution in [-0.4, -0.2) is 38.7 Å². The van der Waals surface area contributed by atoms with Gasteiger partial charge in [0.25, 0.3) is 5.91 Å². The summed E-state index contributed by atoms with van der Waals surface area (Å²) in [7, 11) is 1.70. The molecule has 6 rings (SSSR count). The highest BCUT2D eigenvalue weighted by Gasteiger charge is 2.31. The van der Waals surface area contributed by atoms with Crippen molar-refractivity contribution in [2.24, 2.45) is 4.99 Å². The zero-order valence-electron chi connectivity index (χ0n) is 22.1. The van der Waals surface area contributed by atoms with E-state index in [2.05, 4.69) is 52.0 Å². The van der Waals surface area contributed by atoms with Gasteiger partial charge in [0.15, 0.2) is 5.17 Å². The van der Waals surface area contributed by atoms with Crippen LogP contribution in [-0.2, 0) is 4.79 Å². The number of hydrogen-bond donors (Lipinski definition) is 1. The molecule has 1 aliphatic heterocycles. The summed E-state index contributed by atoms with van der Waals surface area (Å²) >= 11 is 1.30. The van der Waals surface area contributed by atoms with Gasteiger partial charge in [-0.15, -0.1) is 0 Å². The zero-order chi connectivity index (χ0) is 28.3. The highest BCUT2D eigenvalue weighted by Crippen LogP contribution is 2.40. The Hall–Kier alpha value is -5.14. The Labute approximate surface area is 241 Å². The lowest BCUT2D eigenvalue weighted by Crippen LogP contribution is -2.23. The molecule has 0 spiro atoms. The second-order valence-corrected chi connectivity index (χ2v) is 10.5. The molecule has 0 saturated carbocycles. The third-order valence-corrected chi connectivity index (χ3v) is 7.85. The number of aromatic carboxylic acids is 1. The number of hydrogen-bond acceptors (Lipinski definition) is 4. The lowest BCUT2D eigenvalue weighted by atomic mass is 10.1. The molecule has 1 aromatic heterocycles. The number of thioether (sulfide) groups is 1. The maximum atomic E-state index is 13.4. The molecule has 7 heteroatoms. The van der Waals surface area contributed by atoms with Crippen molar-refractivity contribution in [1.29, 1.82) is 0 Å². The van der Waals surface area contributed by atoms with E-state index in [9.17, 15) is 14.7 Å². The molecule has 0 bridgehead atoms. The number of nitrogens with zero attached hydrogens (tertiary/aromatic N) is 3. The number of para-hydroxylation sites is 1. The molecule has 0 radical (unpaired) electrons. The molecule has 1 amide bonds. The fraction of sp³-hybridized carbons (Fsp3) is 0.0294. The standard InChI is InChI=1S/C34H25N3O3S/c1-36-32(38)30(41-34(36)35-27-19-17-25(18-20-27)33(39)40)22-26-21-29(23-11-5-2-6-12-23)37(28-15-9-4-10-16-28)31(26)24-13-7-3-8-14-24/h2-22H,1H3,(H,39,40)/b30-22-,35-34?. The minimum Gasteiger partial charge on any atom is -0.478 e. The molecule has 0 atom stereocenters. The van der Waals surface area contributed by atoms with Gasteiger partial charge in [-0.25, -0.2) is 9.79 Å². The molecule has 4 aromatic carbocycles. The fourth-order valence-electron chi connectivity index (χ4n) is 4.78. The number of benzene rings is 4. The van der Waals surface area contributed by atoms with Crippen molar-refractivity contribution in [2.45, 2.75) is 0 Å². The van der Waals surface area contributed by atoms with Crippen LogP contribution in [0.1, 0.15) is 15.9 Å². The van der Waals surface area contributed by atoms with Crippen LogP contribution in [0.5, 0.6) is 0 Å². The first-order valence-electron chi connectivity index (χ1n) is 13.0. The van der Waals surface area contributed by atoms with E-state index >= 15 is 0 Å². The predicted octanol–water partition coefficient (Wildman–Crippen LogP) is 7.74. The molecule has 0 aliphatic carbocycles. The smallest absolute Gasteiger partial charge is 0.335 e. The van der Waals surface area contributed by atoms with Gasteiger partial charge in [-0.1, -0.05) is 78.9 Å². The monoisotopic (exact) mass is 555 g/mol. The van der Waals surface area contributed by atoms with Gasteiger partial charge in [-0.2, -0.15) is 0 Å². The van der Waals surface area contributed by atoms with Gasteiger partial charge in [0, 0.05) is 18.3 Å². The summed E-state index contributed by atoms with van der Waals surface area (Å²) in [6.07, 6.45) is 1.94. The Bertz CT molecular complexity index is 1790. The maximum absolute atomic E-state index is 13.4. The molecular formula is C34H25N3O3S. The van der Waals surface area contributed by atoms with E-state index in [0.29, 0.717) is 15.8 Å². The van der Waals surface area contributed by atoms with Gasteiger partial charge < -0.3 is 9.67 Å². The number of amidine groups is 1. The molecule has 1 N–H and O–H groups in total. The Morgan fingerprint density at radius 2 is 1.39 bits per heavy atom. The van der Waals surface area contributed by atoms with Gasteiger partial charge in [0.05, 0.1) is 27.5 Å². The lowest BCUT2D eigenvalue weighted by molar-refractivity contribution is -0.121. The molecule has 1 fully saturated rings. The van der Waals surface area contributed by atoms with Gasteiger partial charge in [0.2, 0.25) is 0 Å². The fourth-order valence-corrected chi connectivity index (χ4v) is 5.76. The lowest BCUT2D eigenvalue weighted by Gasteiger charge is -2.15. The van der Waals surface area contributed by atoms with E-state index in [-0.39, 0.29) is 11.5 Å². The van der Waals surface area contributed by atoms with Crippen LogP contribution < -0.4 is 0 Å². The summed E-state index contributed by atoms with van der Waals surface area (Å²) in [5.74, 6) is -1.15. The first-order chi connectivity index (χ1) is 20.0. The van der Waals surface area contributed by atoms with E-state index < -0.39 is 5.97 Å². The molecular weight excluding hydrogens is 530 g/mol. The van der Waals surface area contributed by atoms with Crippen LogP contribution in [0.3, 0.4) is 0 Å². The second kappa shape index (κ2) is 11.2. The Balaban J connectivity index is 1.49. The van der Waals surface area contributed by atoms with E-state index in [1.54, 1.807) is 19.2 Å². The summed E-state index contributed by atoms with van der Waals surface area (Å²) in [5, 5.41) is 9.71. The zero-order valence-corrected chi connectivity index (χ0v) is 23.0. The van der Waals surface area contributed by atoms with Crippen molar-refractivity contribution in [3.05, 3.63) is 137 Å². The average molecular weight is 556 g/mol. The van der Waals surface area contributed by atoms with Crippen LogP contribution in [0.4, 0.5) is 5.69 Å². The van der Waals surface area contributed by atoms with Gasteiger partial charge in [-0.05, 0) is 71.4 Å². The molecule has 1 saturated heterocycles. The number of carbonyl (C=O) groups excluding carboxylic acids is 1. The summed E-state index contributed by atoms with van der Waals surface area (Å²) in [6.45, 7) is 0. The van der Waals surface area contributed by atoms with Crippen LogP contribution in [0.25, 0.3) is 34.3 Å².